The summed E-state index contributed by atoms with van der Waals surface area (Å²) in [6, 6.07) is 4.69. The van der Waals surface area contributed by atoms with Crippen molar-refractivity contribution in [1.82, 2.24) is 0 Å². The van der Waals surface area contributed by atoms with Crippen LogP contribution in [0.5, 0.6) is 0 Å². The predicted octanol–water partition coefficient (Wildman–Crippen LogP) is 1.97. The van der Waals surface area contributed by atoms with Crippen LogP contribution < -0.4 is 5.32 Å². The van der Waals surface area contributed by atoms with Gasteiger partial charge in [0, 0.05) is 19.3 Å². The molecule has 1 aromatic rings. The second-order valence-corrected chi connectivity index (χ2v) is 4.48. The van der Waals surface area contributed by atoms with Gasteiger partial charge in [-0.15, -0.1) is 0 Å². The molecule has 1 saturated heterocycles. The minimum absolute atomic E-state index is 0.0467. The largest absolute Gasteiger partial charge is 0.465 e. The minimum Gasteiger partial charge on any atom is -0.465 e. The summed E-state index contributed by atoms with van der Waals surface area (Å²) in [6.45, 7) is 1.25. The third-order valence-electron chi connectivity index (χ3n) is 3.20. The third kappa shape index (κ3) is 3.05. The highest BCUT2D eigenvalue weighted by molar-refractivity contribution is 5.96. The van der Waals surface area contributed by atoms with Gasteiger partial charge in [0.1, 0.15) is 11.3 Å². The maximum atomic E-state index is 11.6. The summed E-state index contributed by atoms with van der Waals surface area (Å²) in [4.78, 5) is 22.3. The zero-order valence-electron chi connectivity index (χ0n) is 11.1. The van der Waals surface area contributed by atoms with Crippen LogP contribution in [0.3, 0.4) is 0 Å². The smallest absolute Gasteiger partial charge is 0.344 e. The summed E-state index contributed by atoms with van der Waals surface area (Å²) in [6.07, 6.45) is 1.55. The fraction of sp³-hybridized carbons (Fsp3) is 0.462. The Balaban J connectivity index is 2.31. The zero-order valence-corrected chi connectivity index (χ0v) is 11.1. The molecule has 0 aliphatic carbocycles. The first-order valence-corrected chi connectivity index (χ1v) is 6.33. The van der Waals surface area contributed by atoms with Crippen molar-refractivity contribution in [2.24, 2.45) is 0 Å². The van der Waals surface area contributed by atoms with E-state index < -0.39 is 10.9 Å². The highest BCUT2D eigenvalue weighted by Gasteiger charge is 2.26. The summed E-state index contributed by atoms with van der Waals surface area (Å²) < 4.78 is 9.83. The first-order valence-electron chi connectivity index (χ1n) is 6.33. The molecule has 1 heterocycles. The Labute approximate surface area is 116 Å². The normalized spacial score (nSPS) is 15.7. The zero-order chi connectivity index (χ0) is 14.5. The fourth-order valence-corrected chi connectivity index (χ4v) is 2.19. The molecule has 0 aromatic heterocycles. The molecule has 1 aromatic carbocycles. The van der Waals surface area contributed by atoms with E-state index >= 15 is 0 Å². The molecule has 7 heteroatoms. The van der Waals surface area contributed by atoms with Crippen molar-refractivity contribution in [1.29, 1.82) is 0 Å². The molecule has 20 heavy (non-hydrogen) atoms. The Hall–Kier alpha value is -2.15. The summed E-state index contributed by atoms with van der Waals surface area (Å²) in [5.41, 5.74) is 0.0465. The monoisotopic (exact) mass is 280 g/mol. The quantitative estimate of drug-likeness (QED) is 0.515. The van der Waals surface area contributed by atoms with Crippen LogP contribution >= 0.6 is 0 Å². The molecule has 1 N–H and O–H groups in total. The number of rotatable bonds is 4. The van der Waals surface area contributed by atoms with E-state index in [1.54, 1.807) is 12.1 Å². The van der Waals surface area contributed by atoms with Gasteiger partial charge in [-0.25, -0.2) is 4.79 Å². The molecule has 1 aliphatic rings. The number of nitro benzene ring substituents is 1. The Morgan fingerprint density at radius 3 is 2.75 bits per heavy atom. The molecule has 0 amide bonds. The van der Waals surface area contributed by atoms with E-state index in [0.29, 0.717) is 18.9 Å². The number of nitrogens with zero attached hydrogens (tertiary/aromatic N) is 1. The Bertz CT molecular complexity index is 511. The molecule has 108 valence electrons. The van der Waals surface area contributed by atoms with Gasteiger partial charge in [0.2, 0.25) is 0 Å². The molecular formula is C13H16N2O5. The number of nitro groups is 1. The van der Waals surface area contributed by atoms with E-state index in [-0.39, 0.29) is 17.3 Å². The van der Waals surface area contributed by atoms with Crippen molar-refractivity contribution in [2.75, 3.05) is 25.6 Å². The van der Waals surface area contributed by atoms with Crippen LogP contribution in [-0.2, 0) is 9.47 Å². The van der Waals surface area contributed by atoms with Crippen molar-refractivity contribution < 1.29 is 19.2 Å². The molecule has 0 spiro atoms. The number of anilines is 1. The molecule has 2 rings (SSSR count). The minimum atomic E-state index is -0.715. The molecular weight excluding hydrogens is 264 g/mol. The first-order chi connectivity index (χ1) is 9.63. The number of carbonyl (C=O) groups is 1. The second-order valence-electron chi connectivity index (χ2n) is 4.48. The number of carbonyl (C=O) groups excluding carboxylic acids is 1. The van der Waals surface area contributed by atoms with Crippen LogP contribution in [0.15, 0.2) is 18.2 Å². The summed E-state index contributed by atoms with van der Waals surface area (Å²) in [5, 5.41) is 14.4. The van der Waals surface area contributed by atoms with Crippen molar-refractivity contribution in [3.05, 3.63) is 33.9 Å². The maximum Gasteiger partial charge on any atom is 0.344 e. The van der Waals surface area contributed by atoms with Gasteiger partial charge in [0.25, 0.3) is 0 Å². The molecule has 1 aliphatic heterocycles. The highest BCUT2D eigenvalue weighted by atomic mass is 16.6. The molecule has 7 nitrogen and oxygen atoms in total. The lowest BCUT2D eigenvalue weighted by Gasteiger charge is -2.24. The number of para-hydroxylation sites is 1. The summed E-state index contributed by atoms with van der Waals surface area (Å²) in [5.74, 6) is -0.715. The number of methoxy groups -OCH3 is 1. The van der Waals surface area contributed by atoms with E-state index in [0.717, 1.165) is 12.8 Å². The highest BCUT2D eigenvalue weighted by Crippen LogP contribution is 2.30. The third-order valence-corrected chi connectivity index (χ3v) is 3.20. The van der Waals surface area contributed by atoms with E-state index in [2.05, 4.69) is 10.1 Å². The van der Waals surface area contributed by atoms with Crippen LogP contribution in [0, 0.1) is 10.1 Å². The Morgan fingerprint density at radius 2 is 2.15 bits per heavy atom. The van der Waals surface area contributed by atoms with Crippen molar-refractivity contribution in [3.8, 4) is 0 Å². The SMILES string of the molecule is COC(=O)c1cccc(NC2CCOCC2)c1[N+](=O)[O-]. The number of hydrogen-bond donors (Lipinski definition) is 1. The molecule has 0 radical (unpaired) electrons. The molecule has 0 atom stereocenters. The molecule has 0 saturated carbocycles. The first kappa shape index (κ1) is 14.3. The van der Waals surface area contributed by atoms with Gasteiger partial charge >= 0.3 is 11.7 Å². The average molecular weight is 280 g/mol. The van der Waals surface area contributed by atoms with Gasteiger partial charge in [0.15, 0.2) is 0 Å². The molecule has 1 fully saturated rings. The average Bonchev–Trinajstić information content (AvgIpc) is 2.47. The standard InChI is InChI=1S/C13H16N2O5/c1-19-13(16)10-3-2-4-11(12(10)15(17)18)14-9-5-7-20-8-6-9/h2-4,9,14H,5-8H2,1H3. The van der Waals surface area contributed by atoms with Gasteiger partial charge in [-0.3, -0.25) is 10.1 Å². The predicted molar refractivity (Wildman–Crippen MR) is 71.9 cm³/mol. The second kappa shape index (κ2) is 6.33. The van der Waals surface area contributed by atoms with Crippen LogP contribution in [0.1, 0.15) is 23.2 Å². The number of ether oxygens (including phenoxy) is 2. The van der Waals surface area contributed by atoms with Gasteiger partial charge in [-0.05, 0) is 25.0 Å². The van der Waals surface area contributed by atoms with E-state index in [9.17, 15) is 14.9 Å². The van der Waals surface area contributed by atoms with Crippen molar-refractivity contribution >= 4 is 17.3 Å². The number of benzene rings is 1. The summed E-state index contributed by atoms with van der Waals surface area (Å²) in [7, 11) is 1.20. The topological polar surface area (TPSA) is 90.7 Å². The lowest BCUT2D eigenvalue weighted by Crippen LogP contribution is -2.28. The van der Waals surface area contributed by atoms with E-state index in [4.69, 9.17) is 4.74 Å². The maximum absolute atomic E-state index is 11.6. The van der Waals surface area contributed by atoms with Gasteiger partial charge in [-0.1, -0.05) is 6.07 Å². The lowest BCUT2D eigenvalue weighted by atomic mass is 10.1. The Kier molecular flexibility index (Phi) is 4.52. The van der Waals surface area contributed by atoms with Gasteiger partial charge < -0.3 is 14.8 Å². The van der Waals surface area contributed by atoms with E-state index in [1.165, 1.54) is 13.2 Å². The summed E-state index contributed by atoms with van der Waals surface area (Å²) >= 11 is 0. The number of esters is 1. The van der Waals surface area contributed by atoms with Crippen LogP contribution in [-0.4, -0.2) is 37.3 Å². The van der Waals surface area contributed by atoms with Crippen molar-refractivity contribution in [2.45, 2.75) is 18.9 Å². The van der Waals surface area contributed by atoms with Crippen LogP contribution in [0.25, 0.3) is 0 Å². The van der Waals surface area contributed by atoms with E-state index in [1.807, 2.05) is 0 Å². The van der Waals surface area contributed by atoms with Crippen LogP contribution in [0.2, 0.25) is 0 Å². The molecule has 0 unspecified atom stereocenters. The van der Waals surface area contributed by atoms with Crippen LogP contribution in [0.4, 0.5) is 11.4 Å². The van der Waals surface area contributed by atoms with Gasteiger partial charge in [0.05, 0.1) is 12.0 Å². The van der Waals surface area contributed by atoms with Crippen molar-refractivity contribution in [3.63, 3.8) is 0 Å². The number of nitrogens with one attached hydrogen (secondary N) is 1. The fourth-order valence-electron chi connectivity index (χ4n) is 2.19. The number of hydrogen-bond acceptors (Lipinski definition) is 6. The Morgan fingerprint density at radius 1 is 1.45 bits per heavy atom. The molecule has 0 bridgehead atoms. The van der Waals surface area contributed by atoms with Gasteiger partial charge in [-0.2, -0.15) is 0 Å². The lowest BCUT2D eigenvalue weighted by molar-refractivity contribution is -0.384.